The van der Waals surface area contributed by atoms with Crippen molar-refractivity contribution in [2.24, 2.45) is 0 Å². The summed E-state index contributed by atoms with van der Waals surface area (Å²) in [5.74, 6) is 0. The minimum atomic E-state index is -1.75. The molecule has 29 heavy (non-hydrogen) atoms. The minimum Gasteiger partial charge on any atom is -1.00 e. The molecule has 0 saturated carbocycles. The summed E-state index contributed by atoms with van der Waals surface area (Å²) in [6, 6.07) is 29.0. The molecule has 3 aromatic rings. The Morgan fingerprint density at radius 2 is 1.07 bits per heavy atom. The topological polar surface area (TPSA) is 0 Å². The first-order valence-electron chi connectivity index (χ1n) is 9.63. The molecular weight excluding hydrogens is 431 g/mol. The number of benzene rings is 3. The van der Waals surface area contributed by atoms with Crippen molar-refractivity contribution in [2.45, 2.75) is 15.4 Å². The number of halogens is 2. The Kier molecular flexibility index (Phi) is 7.14. The van der Waals surface area contributed by atoms with Gasteiger partial charge in [0, 0.05) is 0 Å². The molecule has 0 radical (unpaired) electrons. The summed E-state index contributed by atoms with van der Waals surface area (Å²) in [5.41, 5.74) is 7.29. The quantitative estimate of drug-likeness (QED) is 0.504. The minimum absolute atomic E-state index is 0. The second-order valence-electron chi connectivity index (χ2n) is 7.38. The number of hydrogen-bond acceptors (Lipinski definition) is 0. The van der Waals surface area contributed by atoms with Gasteiger partial charge in [-0.3, -0.25) is 0 Å². The molecule has 2 atom stereocenters. The first kappa shape index (κ1) is 22.0. The van der Waals surface area contributed by atoms with Crippen LogP contribution in [0.2, 0.25) is 0 Å². The van der Waals surface area contributed by atoms with Gasteiger partial charge in [-0.2, -0.15) is 0 Å². The van der Waals surface area contributed by atoms with Gasteiger partial charge >= 0.3 is 168 Å². The van der Waals surface area contributed by atoms with E-state index in [0.29, 0.717) is 8.45 Å². The van der Waals surface area contributed by atoms with Crippen molar-refractivity contribution in [2.75, 3.05) is 0 Å². The Hall–Kier alpha value is -1.70. The van der Waals surface area contributed by atoms with Crippen molar-refractivity contribution in [3.63, 3.8) is 0 Å². The fraction of sp³-hybridized carbons (Fsp3) is 0.115. The van der Waals surface area contributed by atoms with Crippen LogP contribution in [0.3, 0.4) is 0 Å². The van der Waals surface area contributed by atoms with Crippen LogP contribution in [0.5, 0.6) is 0 Å². The maximum atomic E-state index is 2.49. The zero-order valence-corrected chi connectivity index (χ0v) is 19.3. The molecule has 0 bridgehead atoms. The third-order valence-corrected chi connectivity index (χ3v) is 11.4. The van der Waals surface area contributed by atoms with Crippen molar-refractivity contribution in [3.05, 3.63) is 119 Å². The zero-order valence-electron chi connectivity index (χ0n) is 16.2. The van der Waals surface area contributed by atoms with Crippen LogP contribution in [0.15, 0.2) is 91.0 Å². The maximum absolute atomic E-state index is 2.49. The van der Waals surface area contributed by atoms with Crippen LogP contribution in [0.25, 0.3) is 12.2 Å². The second-order valence-corrected chi connectivity index (χ2v) is 11.9. The largest absolute Gasteiger partial charge is 1.00 e. The molecule has 3 heteroatoms. The third-order valence-electron chi connectivity index (χ3n) is 5.91. The molecule has 0 amide bonds. The molecule has 3 aromatic carbocycles. The Balaban J connectivity index is 0.00000120. The smallest absolute Gasteiger partial charge is 1.00 e. The van der Waals surface area contributed by atoms with E-state index in [2.05, 4.69) is 110 Å². The van der Waals surface area contributed by atoms with Crippen LogP contribution in [0.4, 0.5) is 0 Å². The molecule has 0 N–H and O–H groups in total. The second kappa shape index (κ2) is 9.41. The van der Waals surface area contributed by atoms with E-state index >= 15 is 0 Å². The predicted molar refractivity (Wildman–Crippen MR) is 113 cm³/mol. The van der Waals surface area contributed by atoms with Crippen molar-refractivity contribution in [1.29, 1.82) is 0 Å². The van der Waals surface area contributed by atoms with Gasteiger partial charge in [-0.25, -0.2) is 0 Å². The molecular formula is C26H22Cl2Ti. The van der Waals surface area contributed by atoms with Gasteiger partial charge in [0.2, 0.25) is 0 Å². The zero-order chi connectivity index (χ0) is 18.2. The number of rotatable bonds is 3. The van der Waals surface area contributed by atoms with Crippen molar-refractivity contribution < 1.29 is 42.2 Å². The van der Waals surface area contributed by atoms with Gasteiger partial charge in [0.15, 0.2) is 0 Å². The summed E-state index contributed by atoms with van der Waals surface area (Å²) >= 11 is -1.75. The monoisotopic (exact) mass is 452 g/mol. The number of hydrogen-bond donors (Lipinski definition) is 0. The average molecular weight is 453 g/mol. The summed E-state index contributed by atoms with van der Waals surface area (Å²) in [5, 5.41) is 0. The van der Waals surface area contributed by atoms with E-state index in [0.717, 1.165) is 0 Å². The Morgan fingerprint density at radius 1 is 0.621 bits per heavy atom. The Morgan fingerprint density at radius 3 is 1.59 bits per heavy atom. The van der Waals surface area contributed by atoms with E-state index < -0.39 is 17.4 Å². The molecule has 144 valence electrons. The van der Waals surface area contributed by atoms with Gasteiger partial charge < -0.3 is 24.8 Å². The molecule has 0 fully saturated rings. The van der Waals surface area contributed by atoms with Gasteiger partial charge in [0.25, 0.3) is 0 Å². The van der Waals surface area contributed by atoms with E-state index in [9.17, 15) is 0 Å². The van der Waals surface area contributed by atoms with E-state index in [1.165, 1.54) is 27.8 Å². The maximum Gasteiger partial charge on any atom is -1.00 e. The normalized spacial score (nSPS) is 17.4. The summed E-state index contributed by atoms with van der Waals surface area (Å²) in [6.45, 7) is 2.40. The molecule has 0 aromatic heterocycles. The first-order valence-corrected chi connectivity index (χ1v) is 12.2. The summed E-state index contributed by atoms with van der Waals surface area (Å²) < 4.78 is 2.78. The molecule has 2 aliphatic rings. The molecule has 0 spiro atoms. The fourth-order valence-electron chi connectivity index (χ4n) is 4.56. The van der Waals surface area contributed by atoms with Gasteiger partial charge in [0.1, 0.15) is 0 Å². The Labute approximate surface area is 191 Å². The molecule has 5 rings (SSSR count). The average Bonchev–Trinajstić information content (AvgIpc) is 3.34. The number of fused-ring (bicyclic) bond motifs is 2. The van der Waals surface area contributed by atoms with Crippen molar-refractivity contribution in [1.82, 2.24) is 0 Å². The van der Waals surface area contributed by atoms with Gasteiger partial charge in [-0.05, 0) is 0 Å². The molecule has 0 heterocycles. The van der Waals surface area contributed by atoms with Crippen LogP contribution in [-0.4, -0.2) is 3.81 Å². The van der Waals surface area contributed by atoms with Crippen LogP contribution in [0.1, 0.15) is 43.2 Å². The molecule has 2 unspecified atom stereocenters. The van der Waals surface area contributed by atoms with Gasteiger partial charge in [-0.1, -0.05) is 0 Å². The summed E-state index contributed by atoms with van der Waals surface area (Å²) in [7, 11) is 0. The van der Waals surface area contributed by atoms with E-state index in [1.54, 1.807) is 3.81 Å². The van der Waals surface area contributed by atoms with E-state index in [1.807, 2.05) is 0 Å². The van der Waals surface area contributed by atoms with Gasteiger partial charge in [0.05, 0.1) is 0 Å². The third kappa shape index (κ3) is 4.00. The van der Waals surface area contributed by atoms with Crippen LogP contribution >= 0.6 is 0 Å². The van der Waals surface area contributed by atoms with Crippen LogP contribution in [-0.2, 0) is 17.4 Å². The summed E-state index contributed by atoms with van der Waals surface area (Å²) in [4.78, 5) is 0. The molecule has 0 saturated heterocycles. The number of allylic oxidation sites excluding steroid dienone is 2. The standard InChI is InChI=1S/2C9H7.C8H8.2ClH.Ti/c2*1-2-5-9-7-3-6-8(9)4-1;1-2-8-6-4-3-5-7-8;;;/h2*1-7H;3-7H,1H3;2*1H;/q;;;;;+2/p-2. The van der Waals surface area contributed by atoms with Gasteiger partial charge in [-0.15, -0.1) is 0 Å². The SMILES string of the molecule is C[C](c1ccccc1)=[Ti+2]([CH]1C=Cc2ccccc21)[CH]1C=Cc2ccccc21.[Cl-].[Cl-]. The van der Waals surface area contributed by atoms with Crippen molar-refractivity contribution in [3.8, 4) is 0 Å². The van der Waals surface area contributed by atoms with E-state index in [-0.39, 0.29) is 24.8 Å². The first-order chi connectivity index (χ1) is 13.3. The van der Waals surface area contributed by atoms with Crippen LogP contribution < -0.4 is 24.8 Å². The fourth-order valence-corrected chi connectivity index (χ4v) is 10.2. The molecule has 0 nitrogen and oxygen atoms in total. The summed E-state index contributed by atoms with van der Waals surface area (Å²) in [6.07, 6.45) is 9.66. The van der Waals surface area contributed by atoms with Crippen molar-refractivity contribution >= 4 is 16.0 Å². The molecule has 0 aliphatic heterocycles. The Bertz CT molecular complexity index is 1030. The van der Waals surface area contributed by atoms with Crippen LogP contribution in [0, 0.1) is 0 Å². The predicted octanol–water partition coefficient (Wildman–Crippen LogP) is 0.389. The van der Waals surface area contributed by atoms with E-state index in [4.69, 9.17) is 0 Å². The molecule has 2 aliphatic carbocycles.